The van der Waals surface area contributed by atoms with Gasteiger partial charge in [0.1, 0.15) is 6.33 Å². The number of aromatic nitrogens is 2. The standard InChI is InChI=1S/C16H17N3OS/c20-16(7-9-21-14-4-2-1-3-5-14)19-8-6-15-13(11-19)10-17-12-18-15/h1-5,10,12H,6-9,11H2. The average molecular weight is 299 g/mol. The number of benzene rings is 1. The van der Waals surface area contributed by atoms with Crippen LogP contribution in [0.15, 0.2) is 47.8 Å². The molecule has 21 heavy (non-hydrogen) atoms. The first-order chi connectivity index (χ1) is 10.3. The summed E-state index contributed by atoms with van der Waals surface area (Å²) in [5.41, 5.74) is 2.15. The molecule has 1 aromatic heterocycles. The van der Waals surface area contributed by atoms with Crippen LogP contribution in [-0.2, 0) is 17.8 Å². The molecule has 1 aliphatic rings. The van der Waals surface area contributed by atoms with E-state index in [9.17, 15) is 4.79 Å². The van der Waals surface area contributed by atoms with Crippen LogP contribution >= 0.6 is 11.8 Å². The molecule has 3 rings (SSSR count). The van der Waals surface area contributed by atoms with E-state index < -0.39 is 0 Å². The lowest BCUT2D eigenvalue weighted by Gasteiger charge is -2.27. The van der Waals surface area contributed by atoms with Crippen LogP contribution in [0.2, 0.25) is 0 Å². The number of amides is 1. The summed E-state index contributed by atoms with van der Waals surface area (Å²) in [7, 11) is 0. The number of hydrogen-bond donors (Lipinski definition) is 0. The third-order valence-corrected chi connectivity index (χ3v) is 4.56. The highest BCUT2D eigenvalue weighted by Crippen LogP contribution is 2.20. The molecule has 0 unspecified atom stereocenters. The molecule has 108 valence electrons. The fraction of sp³-hybridized carbons (Fsp3) is 0.312. The molecule has 1 aromatic carbocycles. The van der Waals surface area contributed by atoms with Crippen molar-refractivity contribution >= 4 is 17.7 Å². The summed E-state index contributed by atoms with van der Waals surface area (Å²) in [6.07, 6.45) is 4.80. The van der Waals surface area contributed by atoms with E-state index in [1.54, 1.807) is 18.1 Å². The second kappa shape index (κ2) is 6.72. The summed E-state index contributed by atoms with van der Waals surface area (Å²) < 4.78 is 0. The summed E-state index contributed by atoms with van der Waals surface area (Å²) in [4.78, 5) is 23.7. The van der Waals surface area contributed by atoms with Gasteiger partial charge in [0.25, 0.3) is 0 Å². The minimum atomic E-state index is 0.216. The van der Waals surface area contributed by atoms with E-state index in [0.717, 1.165) is 30.0 Å². The number of carbonyl (C=O) groups is 1. The molecule has 0 aliphatic carbocycles. The smallest absolute Gasteiger partial charge is 0.223 e. The third-order valence-electron chi connectivity index (χ3n) is 3.54. The Kier molecular flexibility index (Phi) is 4.50. The SMILES string of the molecule is O=C(CCSc1ccccc1)N1CCc2ncncc2C1. The van der Waals surface area contributed by atoms with E-state index in [4.69, 9.17) is 0 Å². The number of fused-ring (bicyclic) bond motifs is 1. The van der Waals surface area contributed by atoms with Crippen LogP contribution in [0.1, 0.15) is 17.7 Å². The number of hydrogen-bond acceptors (Lipinski definition) is 4. The Bertz CT molecular complexity index is 618. The van der Waals surface area contributed by atoms with Gasteiger partial charge in [-0.25, -0.2) is 9.97 Å². The Labute approximate surface area is 128 Å². The van der Waals surface area contributed by atoms with E-state index in [-0.39, 0.29) is 5.91 Å². The van der Waals surface area contributed by atoms with Gasteiger partial charge in [-0.05, 0) is 12.1 Å². The van der Waals surface area contributed by atoms with Crippen molar-refractivity contribution in [3.63, 3.8) is 0 Å². The predicted octanol–water partition coefficient (Wildman–Crippen LogP) is 2.54. The highest BCUT2D eigenvalue weighted by molar-refractivity contribution is 7.99. The van der Waals surface area contributed by atoms with Crippen LogP contribution in [0.4, 0.5) is 0 Å². The van der Waals surface area contributed by atoms with Crippen molar-refractivity contribution in [3.8, 4) is 0 Å². The van der Waals surface area contributed by atoms with Crippen molar-refractivity contribution in [1.29, 1.82) is 0 Å². The van der Waals surface area contributed by atoms with Gasteiger partial charge in [0.05, 0.1) is 5.69 Å². The monoisotopic (exact) mass is 299 g/mol. The predicted molar refractivity (Wildman–Crippen MR) is 82.9 cm³/mol. The van der Waals surface area contributed by atoms with E-state index in [1.165, 1.54) is 4.90 Å². The average Bonchev–Trinajstić information content (AvgIpc) is 2.55. The lowest BCUT2D eigenvalue weighted by Crippen LogP contribution is -2.36. The molecule has 2 heterocycles. The fourth-order valence-corrected chi connectivity index (χ4v) is 3.27. The number of nitrogens with zero attached hydrogens (tertiary/aromatic N) is 3. The molecule has 0 radical (unpaired) electrons. The quantitative estimate of drug-likeness (QED) is 0.814. The van der Waals surface area contributed by atoms with Gasteiger partial charge in [0, 0.05) is 48.3 Å². The molecule has 2 aromatic rings. The maximum atomic E-state index is 12.3. The molecule has 0 fully saturated rings. The highest BCUT2D eigenvalue weighted by atomic mass is 32.2. The van der Waals surface area contributed by atoms with Gasteiger partial charge in [-0.2, -0.15) is 0 Å². The van der Waals surface area contributed by atoms with E-state index in [0.29, 0.717) is 13.0 Å². The Balaban J connectivity index is 1.50. The van der Waals surface area contributed by atoms with Gasteiger partial charge < -0.3 is 4.90 Å². The number of rotatable bonds is 4. The van der Waals surface area contributed by atoms with Crippen molar-refractivity contribution < 1.29 is 4.79 Å². The molecule has 0 N–H and O–H groups in total. The highest BCUT2D eigenvalue weighted by Gasteiger charge is 2.21. The zero-order valence-electron chi connectivity index (χ0n) is 11.7. The van der Waals surface area contributed by atoms with E-state index >= 15 is 0 Å². The molecule has 1 aliphatic heterocycles. The Morgan fingerprint density at radius 2 is 2.14 bits per heavy atom. The zero-order valence-corrected chi connectivity index (χ0v) is 12.6. The van der Waals surface area contributed by atoms with Crippen LogP contribution in [0.25, 0.3) is 0 Å². The van der Waals surface area contributed by atoms with Gasteiger partial charge in [-0.1, -0.05) is 18.2 Å². The molecule has 0 saturated carbocycles. The van der Waals surface area contributed by atoms with Gasteiger partial charge in [-0.15, -0.1) is 11.8 Å². The summed E-state index contributed by atoms with van der Waals surface area (Å²) in [6, 6.07) is 10.2. The fourth-order valence-electron chi connectivity index (χ4n) is 2.41. The van der Waals surface area contributed by atoms with Gasteiger partial charge >= 0.3 is 0 Å². The van der Waals surface area contributed by atoms with E-state index in [1.807, 2.05) is 29.3 Å². The lowest BCUT2D eigenvalue weighted by molar-refractivity contribution is -0.131. The van der Waals surface area contributed by atoms with Crippen LogP contribution in [-0.4, -0.2) is 33.1 Å². The van der Waals surface area contributed by atoms with Gasteiger partial charge in [0.2, 0.25) is 5.91 Å². The Morgan fingerprint density at radius 3 is 3.00 bits per heavy atom. The van der Waals surface area contributed by atoms with Crippen molar-refractivity contribution in [1.82, 2.24) is 14.9 Å². The molecular weight excluding hydrogens is 282 g/mol. The summed E-state index contributed by atoms with van der Waals surface area (Å²) in [5, 5.41) is 0. The summed E-state index contributed by atoms with van der Waals surface area (Å²) >= 11 is 1.73. The summed E-state index contributed by atoms with van der Waals surface area (Å²) in [6.45, 7) is 1.41. The van der Waals surface area contributed by atoms with Crippen molar-refractivity contribution in [2.75, 3.05) is 12.3 Å². The summed E-state index contributed by atoms with van der Waals surface area (Å²) in [5.74, 6) is 1.03. The second-order valence-corrected chi connectivity index (χ2v) is 6.14. The number of carbonyl (C=O) groups excluding carboxylic acids is 1. The van der Waals surface area contributed by atoms with E-state index in [2.05, 4.69) is 22.1 Å². The van der Waals surface area contributed by atoms with Gasteiger partial charge in [-0.3, -0.25) is 4.79 Å². The molecule has 0 saturated heterocycles. The molecule has 5 heteroatoms. The first-order valence-electron chi connectivity index (χ1n) is 7.06. The van der Waals surface area contributed by atoms with Crippen LogP contribution in [0.3, 0.4) is 0 Å². The van der Waals surface area contributed by atoms with Crippen molar-refractivity contribution in [2.45, 2.75) is 24.3 Å². The molecule has 0 bridgehead atoms. The zero-order chi connectivity index (χ0) is 14.5. The first-order valence-corrected chi connectivity index (χ1v) is 8.05. The third kappa shape index (κ3) is 3.61. The van der Waals surface area contributed by atoms with Gasteiger partial charge in [0.15, 0.2) is 0 Å². The topological polar surface area (TPSA) is 46.1 Å². The number of thioether (sulfide) groups is 1. The minimum Gasteiger partial charge on any atom is -0.338 e. The van der Waals surface area contributed by atoms with Crippen molar-refractivity contribution in [3.05, 3.63) is 54.1 Å². The maximum absolute atomic E-state index is 12.3. The Hall–Kier alpha value is -1.88. The largest absolute Gasteiger partial charge is 0.338 e. The first kappa shape index (κ1) is 14.1. The van der Waals surface area contributed by atoms with Crippen molar-refractivity contribution in [2.24, 2.45) is 0 Å². The normalized spacial score (nSPS) is 13.8. The Morgan fingerprint density at radius 1 is 1.29 bits per heavy atom. The molecule has 0 atom stereocenters. The molecule has 0 spiro atoms. The lowest BCUT2D eigenvalue weighted by atomic mass is 10.1. The molecule has 1 amide bonds. The minimum absolute atomic E-state index is 0.216. The van der Waals surface area contributed by atoms with Crippen LogP contribution in [0, 0.1) is 0 Å². The maximum Gasteiger partial charge on any atom is 0.223 e. The molecule has 4 nitrogen and oxygen atoms in total. The molecular formula is C16H17N3OS. The second-order valence-electron chi connectivity index (χ2n) is 4.97. The van der Waals surface area contributed by atoms with Crippen LogP contribution in [0.5, 0.6) is 0 Å². The van der Waals surface area contributed by atoms with Crippen LogP contribution < -0.4 is 0 Å².